The first-order chi connectivity index (χ1) is 20.9. The number of hydrogen-bond donors (Lipinski definition) is 2. The molecule has 3 aromatic carbocycles. The lowest BCUT2D eigenvalue weighted by Crippen LogP contribution is -2.37. The Kier molecular flexibility index (Phi) is 7.71. The minimum absolute atomic E-state index is 0.226. The molecule has 212 valence electrons. The van der Waals surface area contributed by atoms with Crippen LogP contribution in [0.4, 0.5) is 15.8 Å². The summed E-state index contributed by atoms with van der Waals surface area (Å²) in [6, 6.07) is 24.4. The maximum atomic E-state index is 13.9. The van der Waals surface area contributed by atoms with Crippen LogP contribution in [0.3, 0.4) is 0 Å². The van der Waals surface area contributed by atoms with Crippen LogP contribution in [0, 0.1) is 28.5 Å². The summed E-state index contributed by atoms with van der Waals surface area (Å²) in [6.45, 7) is 0. The van der Waals surface area contributed by atoms with E-state index in [1.165, 1.54) is 18.3 Å². The Morgan fingerprint density at radius 2 is 1.88 bits per heavy atom. The largest absolute Gasteiger partial charge is 0.378 e. The van der Waals surface area contributed by atoms with Crippen molar-refractivity contribution in [1.29, 1.82) is 10.5 Å². The molecule has 1 saturated carbocycles. The van der Waals surface area contributed by atoms with Crippen LogP contribution in [0.15, 0.2) is 79.1 Å². The molecule has 43 heavy (non-hydrogen) atoms. The molecule has 5 aromatic rings. The van der Waals surface area contributed by atoms with Gasteiger partial charge in [0.2, 0.25) is 0 Å². The van der Waals surface area contributed by atoms with E-state index in [1.807, 2.05) is 55.1 Å². The molecule has 0 radical (unpaired) electrons. The highest BCUT2D eigenvalue weighted by molar-refractivity contribution is 6.36. The van der Waals surface area contributed by atoms with E-state index in [9.17, 15) is 14.9 Å². The SMILES string of the molecule is BC(Nc1cc(Cl)c2ncc(C#N)c(N[C@H](CCC#N)c3ccccc3)c2c1)(c1ccc(F)cc1)c1cn(C2CC2)nn1. The molecular formula is C32H27BClFN8. The number of rotatable bonds is 10. The average Bonchev–Trinajstić information content (AvgIpc) is 3.75. The van der Waals surface area contributed by atoms with E-state index in [0.717, 1.165) is 24.0 Å². The second kappa shape index (κ2) is 11.8. The van der Waals surface area contributed by atoms with E-state index in [4.69, 9.17) is 11.6 Å². The van der Waals surface area contributed by atoms with Crippen molar-refractivity contribution in [3.8, 4) is 12.1 Å². The minimum atomic E-state index is -0.898. The summed E-state index contributed by atoms with van der Waals surface area (Å²) in [6.07, 6.45) is 6.44. The monoisotopic (exact) mass is 588 g/mol. The molecule has 2 N–H and O–H groups in total. The molecule has 0 bridgehead atoms. The van der Waals surface area contributed by atoms with E-state index >= 15 is 0 Å². The maximum Gasteiger partial charge on any atom is 0.148 e. The summed E-state index contributed by atoms with van der Waals surface area (Å²) in [5.74, 6) is -0.336. The summed E-state index contributed by atoms with van der Waals surface area (Å²) in [7, 11) is 1.97. The van der Waals surface area contributed by atoms with Crippen molar-refractivity contribution in [1.82, 2.24) is 20.0 Å². The van der Waals surface area contributed by atoms with Crippen molar-refractivity contribution in [2.75, 3.05) is 10.6 Å². The number of nitrogens with one attached hydrogen (secondary N) is 2. The first kappa shape index (κ1) is 28.2. The highest BCUT2D eigenvalue weighted by Crippen LogP contribution is 2.39. The zero-order chi connectivity index (χ0) is 30.0. The van der Waals surface area contributed by atoms with Crippen molar-refractivity contribution < 1.29 is 4.39 Å². The van der Waals surface area contributed by atoms with Crippen LogP contribution in [0.5, 0.6) is 0 Å². The van der Waals surface area contributed by atoms with Gasteiger partial charge in [-0.2, -0.15) is 10.5 Å². The summed E-state index contributed by atoms with van der Waals surface area (Å²) in [5, 5.41) is 36.4. The fourth-order valence-electron chi connectivity index (χ4n) is 5.34. The third-order valence-electron chi connectivity index (χ3n) is 7.87. The number of fused-ring (bicyclic) bond motifs is 1. The topological polar surface area (TPSA) is 115 Å². The van der Waals surface area contributed by atoms with E-state index in [2.05, 4.69) is 38.1 Å². The maximum absolute atomic E-state index is 13.9. The Morgan fingerprint density at radius 3 is 2.58 bits per heavy atom. The molecule has 2 atom stereocenters. The van der Waals surface area contributed by atoms with Crippen LogP contribution >= 0.6 is 11.6 Å². The standard InChI is InChI=1S/C32H27BClFN8/c33-32(22-8-10-23(35)11-9-22,29-19-43(42-41-29)25-12-13-25)40-24-15-26-30(21(17-37)18-38-31(26)27(34)16-24)39-28(7-4-14-36)20-5-2-1-3-6-20/h1-3,5-6,8-11,15-16,18-19,25,28,40H,4,7,12-13,33H2,(H,38,39)/t28-,32?/m1/s1. The van der Waals surface area contributed by atoms with Gasteiger partial charge in [0.05, 0.1) is 51.6 Å². The van der Waals surface area contributed by atoms with Crippen molar-refractivity contribution in [2.24, 2.45) is 0 Å². The number of benzene rings is 3. The molecule has 0 saturated heterocycles. The summed E-state index contributed by atoms with van der Waals surface area (Å²) in [4.78, 5) is 4.51. The van der Waals surface area contributed by atoms with Gasteiger partial charge in [-0.25, -0.2) is 9.07 Å². The van der Waals surface area contributed by atoms with Crippen LogP contribution in [0.25, 0.3) is 10.9 Å². The molecule has 0 amide bonds. The zero-order valence-corrected chi connectivity index (χ0v) is 24.2. The van der Waals surface area contributed by atoms with Crippen molar-refractivity contribution in [2.45, 2.75) is 43.2 Å². The van der Waals surface area contributed by atoms with E-state index in [0.29, 0.717) is 57.4 Å². The fraction of sp³-hybridized carbons (Fsp3) is 0.219. The van der Waals surface area contributed by atoms with Crippen LogP contribution in [0.1, 0.15) is 60.2 Å². The Hall–Kier alpha value is -4.93. The predicted octanol–water partition coefficient (Wildman–Crippen LogP) is 6.23. The highest BCUT2D eigenvalue weighted by atomic mass is 35.5. The number of halogens is 2. The first-order valence-corrected chi connectivity index (χ1v) is 14.4. The quantitative estimate of drug-likeness (QED) is 0.186. The summed E-state index contributed by atoms with van der Waals surface area (Å²) >= 11 is 6.82. The van der Waals surface area contributed by atoms with Crippen molar-refractivity contribution in [3.05, 3.63) is 112 Å². The molecule has 1 fully saturated rings. The van der Waals surface area contributed by atoms with Crippen LogP contribution in [-0.2, 0) is 5.44 Å². The third-order valence-corrected chi connectivity index (χ3v) is 8.16. The van der Waals surface area contributed by atoms with Gasteiger partial charge >= 0.3 is 0 Å². The van der Waals surface area contributed by atoms with Gasteiger partial charge in [0.25, 0.3) is 0 Å². The molecular weight excluding hydrogens is 562 g/mol. The number of aromatic nitrogens is 4. The molecule has 1 aliphatic carbocycles. The van der Waals surface area contributed by atoms with Gasteiger partial charge in [-0.15, -0.1) is 5.10 Å². The lowest BCUT2D eigenvalue weighted by molar-refractivity contribution is 0.610. The van der Waals surface area contributed by atoms with E-state index in [-0.39, 0.29) is 11.9 Å². The second-order valence-corrected chi connectivity index (χ2v) is 11.3. The molecule has 8 nitrogen and oxygen atoms in total. The lowest BCUT2D eigenvalue weighted by Gasteiger charge is -2.31. The Morgan fingerprint density at radius 1 is 1.12 bits per heavy atom. The summed E-state index contributed by atoms with van der Waals surface area (Å²) < 4.78 is 15.8. The van der Waals surface area contributed by atoms with Gasteiger partial charge < -0.3 is 10.6 Å². The second-order valence-electron chi connectivity index (χ2n) is 10.9. The molecule has 1 unspecified atom stereocenters. The highest BCUT2D eigenvalue weighted by Gasteiger charge is 2.34. The molecule has 1 aliphatic rings. The van der Waals surface area contributed by atoms with Gasteiger partial charge in [0, 0.05) is 23.7 Å². The van der Waals surface area contributed by atoms with Gasteiger partial charge in [0.1, 0.15) is 25.4 Å². The minimum Gasteiger partial charge on any atom is -0.378 e. The van der Waals surface area contributed by atoms with E-state index < -0.39 is 5.44 Å². The number of nitrogens with zero attached hydrogens (tertiary/aromatic N) is 6. The summed E-state index contributed by atoms with van der Waals surface area (Å²) in [5.41, 5.74) is 3.67. The predicted molar refractivity (Wildman–Crippen MR) is 167 cm³/mol. The van der Waals surface area contributed by atoms with Gasteiger partial charge in [-0.1, -0.05) is 59.3 Å². The van der Waals surface area contributed by atoms with Crippen molar-refractivity contribution >= 4 is 41.7 Å². The van der Waals surface area contributed by atoms with Crippen LogP contribution < -0.4 is 10.6 Å². The number of nitriles is 2. The molecule has 11 heteroatoms. The number of hydrogen-bond acceptors (Lipinski definition) is 7. The number of anilines is 2. The Labute approximate surface area is 254 Å². The lowest BCUT2D eigenvalue weighted by atomic mass is 9.69. The third kappa shape index (κ3) is 5.75. The number of pyridine rings is 1. The van der Waals surface area contributed by atoms with E-state index in [1.54, 1.807) is 18.2 Å². The smallest absolute Gasteiger partial charge is 0.148 e. The average molecular weight is 589 g/mol. The Balaban J connectivity index is 1.45. The van der Waals surface area contributed by atoms with Crippen LogP contribution in [0.2, 0.25) is 5.02 Å². The normalized spacial score (nSPS) is 14.8. The fourth-order valence-corrected chi connectivity index (χ4v) is 5.61. The van der Waals surface area contributed by atoms with Gasteiger partial charge in [-0.05, 0) is 54.7 Å². The van der Waals surface area contributed by atoms with Gasteiger partial charge in [-0.3, -0.25) is 4.98 Å². The van der Waals surface area contributed by atoms with Crippen molar-refractivity contribution in [3.63, 3.8) is 0 Å². The molecule has 6 rings (SSSR count). The van der Waals surface area contributed by atoms with Gasteiger partial charge in [0.15, 0.2) is 0 Å². The molecule has 2 heterocycles. The Bertz CT molecular complexity index is 1860. The first-order valence-electron chi connectivity index (χ1n) is 14.1. The molecule has 0 aliphatic heterocycles. The zero-order valence-electron chi connectivity index (χ0n) is 23.4. The van der Waals surface area contributed by atoms with Crippen LogP contribution in [-0.4, -0.2) is 27.8 Å². The molecule has 2 aromatic heterocycles. The molecule has 0 spiro atoms.